The highest BCUT2D eigenvalue weighted by molar-refractivity contribution is 9.10. The average Bonchev–Trinajstić information content (AvgIpc) is 2.79. The van der Waals surface area contributed by atoms with E-state index < -0.39 is 11.8 Å². The Bertz CT molecular complexity index is 738. The van der Waals surface area contributed by atoms with Crippen LogP contribution in [0, 0.1) is 5.92 Å². The SMILES string of the molecule is CC(=O)C1CCN(C(=O)CN2C(=O)c3ccc(Br)cc3C2=O)CC1. The van der Waals surface area contributed by atoms with Crippen molar-refractivity contribution >= 4 is 39.4 Å². The number of hydrogen-bond acceptors (Lipinski definition) is 4. The summed E-state index contributed by atoms with van der Waals surface area (Å²) in [6, 6.07) is 4.88. The Hall–Kier alpha value is -2.02. The normalized spacial score (nSPS) is 18.1. The summed E-state index contributed by atoms with van der Waals surface area (Å²) in [5.41, 5.74) is 0.642. The predicted octanol–water partition coefficient (Wildman–Crippen LogP) is 1.87. The van der Waals surface area contributed by atoms with Crippen molar-refractivity contribution in [3.8, 4) is 0 Å². The molecule has 1 aromatic rings. The molecule has 2 heterocycles. The van der Waals surface area contributed by atoms with Gasteiger partial charge in [-0.2, -0.15) is 0 Å². The Kier molecular flexibility index (Phi) is 4.54. The van der Waals surface area contributed by atoms with Crippen LogP contribution in [0.1, 0.15) is 40.5 Å². The van der Waals surface area contributed by atoms with Crippen molar-refractivity contribution in [2.45, 2.75) is 19.8 Å². The Morgan fingerprint density at radius 1 is 1.12 bits per heavy atom. The van der Waals surface area contributed by atoms with Crippen molar-refractivity contribution < 1.29 is 19.2 Å². The Labute approximate surface area is 147 Å². The van der Waals surface area contributed by atoms with Gasteiger partial charge in [-0.1, -0.05) is 15.9 Å². The van der Waals surface area contributed by atoms with Gasteiger partial charge in [0.2, 0.25) is 5.91 Å². The molecule has 0 atom stereocenters. The molecule has 126 valence electrons. The molecule has 0 bridgehead atoms. The van der Waals surface area contributed by atoms with E-state index in [1.54, 1.807) is 30.0 Å². The van der Waals surface area contributed by atoms with Gasteiger partial charge >= 0.3 is 0 Å². The molecule has 0 aliphatic carbocycles. The lowest BCUT2D eigenvalue weighted by Crippen LogP contribution is -2.46. The van der Waals surface area contributed by atoms with Crippen LogP contribution in [-0.4, -0.2) is 52.9 Å². The first-order chi connectivity index (χ1) is 11.4. The number of benzene rings is 1. The minimum Gasteiger partial charge on any atom is -0.341 e. The zero-order chi connectivity index (χ0) is 17.4. The topological polar surface area (TPSA) is 74.8 Å². The summed E-state index contributed by atoms with van der Waals surface area (Å²) < 4.78 is 0.710. The van der Waals surface area contributed by atoms with Gasteiger partial charge in [0.25, 0.3) is 11.8 Å². The van der Waals surface area contributed by atoms with Crippen molar-refractivity contribution in [1.82, 2.24) is 9.80 Å². The summed E-state index contributed by atoms with van der Waals surface area (Å²) in [7, 11) is 0. The first-order valence-electron chi connectivity index (χ1n) is 7.82. The minimum absolute atomic E-state index is 0.00528. The number of halogens is 1. The molecule has 2 aliphatic rings. The van der Waals surface area contributed by atoms with E-state index in [1.807, 2.05) is 0 Å². The van der Waals surface area contributed by atoms with Crippen LogP contribution in [0.5, 0.6) is 0 Å². The van der Waals surface area contributed by atoms with Crippen LogP contribution in [0.2, 0.25) is 0 Å². The molecule has 7 heteroatoms. The number of rotatable bonds is 3. The average molecular weight is 393 g/mol. The minimum atomic E-state index is -0.441. The summed E-state index contributed by atoms with van der Waals surface area (Å²) in [6.07, 6.45) is 1.27. The number of ketones is 1. The van der Waals surface area contributed by atoms with Crippen LogP contribution >= 0.6 is 15.9 Å². The van der Waals surface area contributed by atoms with Crippen molar-refractivity contribution in [2.75, 3.05) is 19.6 Å². The number of fused-ring (bicyclic) bond motifs is 1. The molecule has 2 aliphatic heterocycles. The number of imide groups is 1. The molecule has 1 fully saturated rings. The Balaban J connectivity index is 1.67. The van der Waals surface area contributed by atoms with Crippen molar-refractivity contribution in [2.24, 2.45) is 5.92 Å². The van der Waals surface area contributed by atoms with Gasteiger partial charge in [-0.15, -0.1) is 0 Å². The standard InChI is InChI=1S/C17H17BrN2O4/c1-10(21)11-4-6-19(7-5-11)15(22)9-20-16(23)13-3-2-12(18)8-14(13)17(20)24/h2-3,8,11H,4-7,9H2,1H3. The van der Waals surface area contributed by atoms with Crippen molar-refractivity contribution in [1.29, 1.82) is 0 Å². The van der Waals surface area contributed by atoms with Gasteiger partial charge in [0.05, 0.1) is 11.1 Å². The van der Waals surface area contributed by atoms with Gasteiger partial charge in [0, 0.05) is 23.5 Å². The first kappa shape index (κ1) is 16.8. The number of piperidine rings is 1. The van der Waals surface area contributed by atoms with Gasteiger partial charge in [-0.25, -0.2) is 0 Å². The second-order valence-corrected chi connectivity index (χ2v) is 7.07. The van der Waals surface area contributed by atoms with E-state index in [0.717, 1.165) is 4.90 Å². The maximum absolute atomic E-state index is 12.4. The van der Waals surface area contributed by atoms with Crippen LogP contribution in [0.4, 0.5) is 0 Å². The second kappa shape index (κ2) is 6.47. The Morgan fingerprint density at radius 2 is 1.75 bits per heavy atom. The fraction of sp³-hybridized carbons (Fsp3) is 0.412. The Morgan fingerprint density at radius 3 is 2.38 bits per heavy atom. The fourth-order valence-corrected chi connectivity index (χ4v) is 3.54. The molecule has 24 heavy (non-hydrogen) atoms. The van der Waals surface area contributed by atoms with Crippen molar-refractivity contribution in [3.63, 3.8) is 0 Å². The lowest BCUT2D eigenvalue weighted by atomic mass is 9.93. The van der Waals surface area contributed by atoms with Crippen LogP contribution < -0.4 is 0 Å². The van der Waals surface area contributed by atoms with Crippen molar-refractivity contribution in [3.05, 3.63) is 33.8 Å². The van der Waals surface area contributed by atoms with E-state index in [9.17, 15) is 19.2 Å². The third-order valence-electron chi connectivity index (χ3n) is 4.65. The van der Waals surface area contributed by atoms with E-state index in [1.165, 1.54) is 0 Å². The van der Waals surface area contributed by atoms with E-state index in [0.29, 0.717) is 41.5 Å². The number of carbonyl (C=O) groups excluding carboxylic acids is 4. The molecule has 0 unspecified atom stereocenters. The van der Waals surface area contributed by atoms with Gasteiger partial charge < -0.3 is 4.90 Å². The van der Waals surface area contributed by atoms with Gasteiger partial charge in [0.15, 0.2) is 0 Å². The lowest BCUT2D eigenvalue weighted by molar-refractivity contribution is -0.134. The second-order valence-electron chi connectivity index (χ2n) is 6.15. The summed E-state index contributed by atoms with van der Waals surface area (Å²) in [5.74, 6) is -0.984. The zero-order valence-electron chi connectivity index (χ0n) is 13.3. The molecule has 3 amide bonds. The highest BCUT2D eigenvalue weighted by atomic mass is 79.9. The molecule has 0 spiro atoms. The summed E-state index contributed by atoms with van der Waals surface area (Å²) in [4.78, 5) is 51.2. The molecule has 6 nitrogen and oxygen atoms in total. The zero-order valence-corrected chi connectivity index (χ0v) is 14.8. The monoisotopic (exact) mass is 392 g/mol. The van der Waals surface area contributed by atoms with Gasteiger partial charge in [-0.05, 0) is 38.0 Å². The van der Waals surface area contributed by atoms with Crippen LogP contribution in [0.25, 0.3) is 0 Å². The fourth-order valence-electron chi connectivity index (χ4n) is 3.18. The smallest absolute Gasteiger partial charge is 0.262 e. The first-order valence-corrected chi connectivity index (χ1v) is 8.61. The van der Waals surface area contributed by atoms with Crippen LogP contribution in [-0.2, 0) is 9.59 Å². The van der Waals surface area contributed by atoms with Gasteiger partial charge in [-0.3, -0.25) is 24.1 Å². The quantitative estimate of drug-likeness (QED) is 0.735. The van der Waals surface area contributed by atoms with Crippen LogP contribution in [0.15, 0.2) is 22.7 Å². The van der Waals surface area contributed by atoms with E-state index >= 15 is 0 Å². The number of likely N-dealkylation sites (tertiary alicyclic amines) is 1. The summed E-state index contributed by atoms with van der Waals surface area (Å²) >= 11 is 3.28. The number of hydrogen-bond donors (Lipinski definition) is 0. The largest absolute Gasteiger partial charge is 0.341 e. The molecule has 0 radical (unpaired) electrons. The summed E-state index contributed by atoms with van der Waals surface area (Å²) in [6.45, 7) is 2.28. The molecule has 0 N–H and O–H groups in total. The highest BCUT2D eigenvalue weighted by Crippen LogP contribution is 2.26. The highest BCUT2D eigenvalue weighted by Gasteiger charge is 2.38. The number of Topliss-reactive ketones (excluding diaryl/α,β-unsaturated/α-hetero) is 1. The molecule has 0 aromatic heterocycles. The third kappa shape index (κ3) is 3.00. The molecular formula is C17H17BrN2O4. The summed E-state index contributed by atoms with van der Waals surface area (Å²) in [5, 5.41) is 0. The maximum atomic E-state index is 12.4. The number of carbonyl (C=O) groups is 4. The number of nitrogens with zero attached hydrogens (tertiary/aromatic N) is 2. The molecule has 0 saturated carbocycles. The molecular weight excluding hydrogens is 376 g/mol. The van der Waals surface area contributed by atoms with Gasteiger partial charge in [0.1, 0.15) is 12.3 Å². The molecule has 1 aromatic carbocycles. The number of amides is 3. The third-order valence-corrected chi connectivity index (χ3v) is 5.14. The lowest BCUT2D eigenvalue weighted by Gasteiger charge is -2.31. The van der Waals surface area contributed by atoms with E-state index in [2.05, 4.69) is 15.9 Å². The molecule has 1 saturated heterocycles. The maximum Gasteiger partial charge on any atom is 0.262 e. The predicted molar refractivity (Wildman–Crippen MR) is 89.5 cm³/mol. The van der Waals surface area contributed by atoms with E-state index in [-0.39, 0.29) is 24.2 Å². The van der Waals surface area contributed by atoms with Crippen LogP contribution in [0.3, 0.4) is 0 Å². The van der Waals surface area contributed by atoms with E-state index in [4.69, 9.17) is 0 Å². The molecule has 3 rings (SSSR count).